The zero-order valence-electron chi connectivity index (χ0n) is 18.4. The van der Waals surface area contributed by atoms with Gasteiger partial charge in [-0.1, -0.05) is 30.3 Å². The number of hydrogen-bond acceptors (Lipinski definition) is 5. The van der Waals surface area contributed by atoms with Gasteiger partial charge in [0, 0.05) is 12.6 Å². The summed E-state index contributed by atoms with van der Waals surface area (Å²) in [7, 11) is 0. The maximum Gasteiger partial charge on any atom is 0.422 e. The Hall–Kier alpha value is -2.61. The predicted octanol–water partition coefficient (Wildman–Crippen LogP) is 2.35. The fourth-order valence-electron chi connectivity index (χ4n) is 2.42. The van der Waals surface area contributed by atoms with Gasteiger partial charge in [0.05, 0.1) is 0 Å². The van der Waals surface area contributed by atoms with Gasteiger partial charge in [-0.25, -0.2) is 9.80 Å². The van der Waals surface area contributed by atoms with Crippen molar-refractivity contribution >= 4 is 17.9 Å². The van der Waals surface area contributed by atoms with Crippen LogP contribution in [-0.2, 0) is 20.9 Å². The van der Waals surface area contributed by atoms with Crippen molar-refractivity contribution in [1.82, 2.24) is 21.1 Å². The van der Waals surface area contributed by atoms with Gasteiger partial charge in [-0.3, -0.25) is 15.0 Å². The molecule has 0 fully saturated rings. The van der Waals surface area contributed by atoms with Crippen LogP contribution in [0.5, 0.6) is 0 Å². The van der Waals surface area contributed by atoms with Crippen LogP contribution in [0, 0.1) is 0 Å². The molecule has 0 aliphatic rings. The zero-order chi connectivity index (χ0) is 22.2. The standard InChI is InChI=1S/C21H34N4O4/c1-14(2)22-18(26)15(3)23-19(27)16(4)25(13-17-11-9-8-10-12-17)24-20(28)29-21(5,6)7/h8-12,14-16H,13H2,1-7H3,(H,22,26)(H,23,27)(H,24,28)/t15-,16-/m0/s1. The highest BCUT2D eigenvalue weighted by Crippen LogP contribution is 2.10. The molecule has 0 saturated heterocycles. The van der Waals surface area contributed by atoms with Crippen molar-refractivity contribution in [2.45, 2.75) is 78.7 Å². The molecule has 0 heterocycles. The number of hydrogen-bond donors (Lipinski definition) is 3. The molecule has 0 spiro atoms. The summed E-state index contributed by atoms with van der Waals surface area (Å²) in [5.74, 6) is -0.654. The monoisotopic (exact) mass is 406 g/mol. The molecule has 1 rings (SSSR count). The van der Waals surface area contributed by atoms with E-state index in [4.69, 9.17) is 4.74 Å². The van der Waals surface area contributed by atoms with Gasteiger partial charge >= 0.3 is 6.09 Å². The molecule has 0 unspecified atom stereocenters. The summed E-state index contributed by atoms with van der Waals surface area (Å²) >= 11 is 0. The Morgan fingerprint density at radius 2 is 1.55 bits per heavy atom. The number of amides is 3. The summed E-state index contributed by atoms with van der Waals surface area (Å²) in [6.45, 7) is 12.6. The molecule has 0 aliphatic carbocycles. The Kier molecular flexibility index (Phi) is 9.10. The van der Waals surface area contributed by atoms with E-state index >= 15 is 0 Å². The molecule has 0 aromatic heterocycles. The second-order valence-corrected chi connectivity index (χ2v) is 8.30. The van der Waals surface area contributed by atoms with Gasteiger partial charge in [0.2, 0.25) is 11.8 Å². The minimum absolute atomic E-state index is 0.0253. The third-order valence-electron chi connectivity index (χ3n) is 3.86. The number of nitrogens with zero attached hydrogens (tertiary/aromatic N) is 1. The fraction of sp³-hybridized carbons (Fsp3) is 0.571. The first kappa shape index (κ1) is 24.4. The number of ether oxygens (including phenoxy) is 1. The van der Waals surface area contributed by atoms with E-state index in [9.17, 15) is 14.4 Å². The van der Waals surface area contributed by atoms with Crippen LogP contribution in [0.4, 0.5) is 4.79 Å². The van der Waals surface area contributed by atoms with Gasteiger partial charge < -0.3 is 15.4 Å². The summed E-state index contributed by atoms with van der Waals surface area (Å²) in [5, 5.41) is 6.94. The third kappa shape index (κ3) is 9.43. The van der Waals surface area contributed by atoms with E-state index in [0.717, 1.165) is 5.56 Å². The summed E-state index contributed by atoms with van der Waals surface area (Å²) in [5.41, 5.74) is 2.89. The molecular weight excluding hydrogens is 372 g/mol. The van der Waals surface area contributed by atoms with E-state index in [1.165, 1.54) is 5.01 Å². The topological polar surface area (TPSA) is 99.8 Å². The van der Waals surface area contributed by atoms with Gasteiger partial charge in [0.25, 0.3) is 0 Å². The maximum atomic E-state index is 12.7. The molecular formula is C21H34N4O4. The van der Waals surface area contributed by atoms with Gasteiger partial charge in [-0.15, -0.1) is 0 Å². The summed E-state index contributed by atoms with van der Waals surface area (Å²) in [4.78, 5) is 37.1. The van der Waals surface area contributed by atoms with Crippen molar-refractivity contribution in [3.63, 3.8) is 0 Å². The fourth-order valence-corrected chi connectivity index (χ4v) is 2.42. The zero-order valence-corrected chi connectivity index (χ0v) is 18.4. The number of carbonyl (C=O) groups is 3. The van der Waals surface area contributed by atoms with Crippen LogP contribution in [0.25, 0.3) is 0 Å². The van der Waals surface area contributed by atoms with Crippen molar-refractivity contribution < 1.29 is 19.1 Å². The van der Waals surface area contributed by atoms with E-state index in [2.05, 4.69) is 16.1 Å². The number of benzene rings is 1. The molecule has 29 heavy (non-hydrogen) atoms. The first-order valence-corrected chi connectivity index (χ1v) is 9.80. The van der Waals surface area contributed by atoms with Crippen LogP contribution in [-0.4, -0.2) is 46.6 Å². The van der Waals surface area contributed by atoms with Crippen molar-refractivity contribution in [2.75, 3.05) is 0 Å². The minimum Gasteiger partial charge on any atom is -0.443 e. The number of carbonyl (C=O) groups excluding carboxylic acids is 3. The van der Waals surface area contributed by atoms with E-state index in [1.54, 1.807) is 34.6 Å². The first-order valence-electron chi connectivity index (χ1n) is 9.80. The van der Waals surface area contributed by atoms with E-state index < -0.39 is 23.8 Å². The second kappa shape index (κ2) is 10.8. The molecule has 0 bridgehead atoms. The molecule has 0 aliphatic heterocycles. The quantitative estimate of drug-likeness (QED) is 0.576. The molecule has 3 amide bonds. The SMILES string of the molecule is CC(C)NC(=O)[C@H](C)NC(=O)[C@H](C)N(Cc1ccccc1)NC(=O)OC(C)(C)C. The molecule has 1 aromatic rings. The summed E-state index contributed by atoms with van der Waals surface area (Å²) < 4.78 is 5.31. The lowest BCUT2D eigenvalue weighted by Crippen LogP contribution is -2.56. The Labute approximate surface area is 173 Å². The molecule has 0 radical (unpaired) electrons. The van der Waals surface area contributed by atoms with Gasteiger partial charge in [-0.05, 0) is 54.0 Å². The maximum absolute atomic E-state index is 12.7. The second-order valence-electron chi connectivity index (χ2n) is 8.30. The number of nitrogens with one attached hydrogen (secondary N) is 3. The minimum atomic E-state index is -0.739. The molecule has 1 aromatic carbocycles. The lowest BCUT2D eigenvalue weighted by molar-refractivity contribution is -0.132. The highest BCUT2D eigenvalue weighted by Gasteiger charge is 2.27. The van der Waals surface area contributed by atoms with Gasteiger partial charge in [0.15, 0.2) is 0 Å². The average molecular weight is 407 g/mol. The average Bonchev–Trinajstić information content (AvgIpc) is 2.59. The Morgan fingerprint density at radius 3 is 2.07 bits per heavy atom. The van der Waals surface area contributed by atoms with Crippen molar-refractivity contribution in [3.8, 4) is 0 Å². The van der Waals surface area contributed by atoms with Crippen LogP contribution in [0.1, 0.15) is 54.0 Å². The Morgan fingerprint density at radius 1 is 0.966 bits per heavy atom. The Balaban J connectivity index is 2.87. The summed E-state index contributed by atoms with van der Waals surface area (Å²) in [6.07, 6.45) is -0.654. The van der Waals surface area contributed by atoms with Crippen LogP contribution in [0.3, 0.4) is 0 Å². The van der Waals surface area contributed by atoms with Crippen molar-refractivity contribution in [3.05, 3.63) is 35.9 Å². The van der Waals surface area contributed by atoms with Crippen molar-refractivity contribution in [1.29, 1.82) is 0 Å². The lowest BCUT2D eigenvalue weighted by Gasteiger charge is -2.30. The van der Waals surface area contributed by atoms with Crippen molar-refractivity contribution in [2.24, 2.45) is 0 Å². The highest BCUT2D eigenvalue weighted by atomic mass is 16.6. The number of hydrazine groups is 1. The summed E-state index contributed by atoms with van der Waals surface area (Å²) in [6, 6.07) is 7.97. The van der Waals surface area contributed by atoms with Crippen LogP contribution >= 0.6 is 0 Å². The highest BCUT2D eigenvalue weighted by molar-refractivity contribution is 5.89. The van der Waals surface area contributed by atoms with Gasteiger partial charge in [-0.2, -0.15) is 0 Å². The largest absolute Gasteiger partial charge is 0.443 e. The molecule has 3 N–H and O–H groups in total. The smallest absolute Gasteiger partial charge is 0.422 e. The van der Waals surface area contributed by atoms with Gasteiger partial charge in [0.1, 0.15) is 17.7 Å². The molecule has 0 saturated carbocycles. The normalized spacial score (nSPS) is 13.6. The molecule has 8 nitrogen and oxygen atoms in total. The third-order valence-corrected chi connectivity index (χ3v) is 3.86. The van der Waals surface area contributed by atoms with E-state index in [-0.39, 0.29) is 17.9 Å². The van der Waals surface area contributed by atoms with Crippen LogP contribution in [0.2, 0.25) is 0 Å². The lowest BCUT2D eigenvalue weighted by atomic mass is 10.2. The van der Waals surface area contributed by atoms with E-state index in [1.807, 2.05) is 44.2 Å². The van der Waals surface area contributed by atoms with Crippen LogP contribution in [0.15, 0.2) is 30.3 Å². The predicted molar refractivity (Wildman–Crippen MR) is 112 cm³/mol. The number of rotatable bonds is 8. The van der Waals surface area contributed by atoms with E-state index in [0.29, 0.717) is 6.54 Å². The molecule has 2 atom stereocenters. The molecule has 162 valence electrons. The Bertz CT molecular complexity index is 686. The van der Waals surface area contributed by atoms with Crippen LogP contribution < -0.4 is 16.1 Å². The first-order chi connectivity index (χ1) is 13.4. The molecule has 8 heteroatoms.